The largest absolute Gasteiger partial charge is 0.457 e. The van der Waals surface area contributed by atoms with Crippen molar-refractivity contribution in [3.8, 4) is 11.5 Å². The second kappa shape index (κ2) is 10.2. The second-order valence-corrected chi connectivity index (χ2v) is 9.39. The zero-order valence-corrected chi connectivity index (χ0v) is 20.1. The average molecular weight is 499 g/mol. The summed E-state index contributed by atoms with van der Waals surface area (Å²) in [5, 5.41) is 2.68. The van der Waals surface area contributed by atoms with E-state index in [0.717, 1.165) is 18.2 Å². The summed E-state index contributed by atoms with van der Waals surface area (Å²) < 4.78 is 66.8. The lowest BCUT2D eigenvalue weighted by Gasteiger charge is -2.42. The number of carbonyl (C=O) groups is 1. The van der Waals surface area contributed by atoms with Crippen molar-refractivity contribution in [2.45, 2.75) is 38.6 Å². The molecule has 1 aliphatic rings. The first-order valence-electron chi connectivity index (χ1n) is 11.1. The van der Waals surface area contributed by atoms with Crippen LogP contribution in [0.25, 0.3) is 0 Å². The molecule has 0 spiro atoms. The number of likely N-dealkylation sites (N-methyl/N-ethyl adjacent to an activating group) is 1. The molecule has 1 aliphatic heterocycles. The Labute approximate surface area is 201 Å². The predicted molar refractivity (Wildman–Crippen MR) is 125 cm³/mol. The minimum atomic E-state index is -4.77. The first kappa shape index (κ1) is 26.4. The number of alkyl carbamates (subject to hydrolysis) is 1. The molecule has 11 heteroatoms. The summed E-state index contributed by atoms with van der Waals surface area (Å²) in [6.07, 6.45) is -5.37. The van der Waals surface area contributed by atoms with Gasteiger partial charge in [-0.2, -0.15) is 13.2 Å². The summed E-state index contributed by atoms with van der Waals surface area (Å²) in [5.41, 5.74) is 4.14. The molecule has 0 aliphatic carbocycles. The van der Waals surface area contributed by atoms with Gasteiger partial charge in [0.1, 0.15) is 28.5 Å². The molecule has 0 radical (unpaired) electrons. The van der Waals surface area contributed by atoms with Crippen LogP contribution in [0.3, 0.4) is 0 Å². The molecule has 1 atom stereocenters. The van der Waals surface area contributed by atoms with Gasteiger partial charge < -0.3 is 25.4 Å². The number of alkyl halides is 3. The number of nitrogen functional groups attached to an aromatic ring is 1. The van der Waals surface area contributed by atoms with Crippen LogP contribution in [-0.4, -0.2) is 55.9 Å². The summed E-state index contributed by atoms with van der Waals surface area (Å²) >= 11 is 0. The molecule has 0 bridgehead atoms. The number of rotatable bonds is 5. The summed E-state index contributed by atoms with van der Waals surface area (Å²) in [6.45, 7) is 6.30. The SMILES string of the molecule is CN1CCN(c2c(N)ccc(Oc3ccc(F)cc3)c2C(F)(F)F)C[C@@H]1CNC(=O)OC(C)(C)C. The summed E-state index contributed by atoms with van der Waals surface area (Å²) in [6, 6.07) is 6.92. The van der Waals surface area contributed by atoms with Crippen molar-refractivity contribution in [2.24, 2.45) is 0 Å². The number of nitrogens with zero attached hydrogens (tertiary/aromatic N) is 2. The third kappa shape index (κ3) is 6.91. The molecule has 7 nitrogen and oxygen atoms in total. The van der Waals surface area contributed by atoms with Crippen LogP contribution in [0.2, 0.25) is 0 Å². The van der Waals surface area contributed by atoms with E-state index in [1.54, 1.807) is 25.7 Å². The molecular weight excluding hydrogens is 468 g/mol. The maximum absolute atomic E-state index is 14.3. The Bertz CT molecular complexity index is 1040. The Morgan fingerprint density at radius 3 is 2.37 bits per heavy atom. The highest BCUT2D eigenvalue weighted by molar-refractivity contribution is 5.76. The van der Waals surface area contributed by atoms with Crippen LogP contribution >= 0.6 is 0 Å². The molecule has 192 valence electrons. The van der Waals surface area contributed by atoms with Gasteiger partial charge in [-0.05, 0) is 64.2 Å². The molecular formula is C24H30F4N4O3. The van der Waals surface area contributed by atoms with Gasteiger partial charge in [-0.3, -0.25) is 4.90 Å². The fraction of sp³-hybridized carbons (Fsp3) is 0.458. The Balaban J connectivity index is 1.88. The zero-order valence-electron chi connectivity index (χ0n) is 20.1. The number of hydrogen-bond donors (Lipinski definition) is 2. The smallest absolute Gasteiger partial charge is 0.422 e. The van der Waals surface area contributed by atoms with Gasteiger partial charge in [0.15, 0.2) is 0 Å². The summed E-state index contributed by atoms with van der Waals surface area (Å²) in [7, 11) is 1.83. The molecule has 1 saturated heterocycles. The van der Waals surface area contributed by atoms with Crippen molar-refractivity contribution >= 4 is 17.5 Å². The van der Waals surface area contributed by atoms with Crippen molar-refractivity contribution in [1.29, 1.82) is 0 Å². The van der Waals surface area contributed by atoms with Crippen LogP contribution < -0.4 is 20.7 Å². The van der Waals surface area contributed by atoms with Crippen molar-refractivity contribution in [1.82, 2.24) is 10.2 Å². The maximum atomic E-state index is 14.3. The van der Waals surface area contributed by atoms with Gasteiger partial charge in [0.2, 0.25) is 0 Å². The van der Waals surface area contributed by atoms with Crippen LogP contribution in [0, 0.1) is 5.82 Å². The maximum Gasteiger partial charge on any atom is 0.422 e. The Hall–Kier alpha value is -3.21. The topological polar surface area (TPSA) is 80.1 Å². The lowest BCUT2D eigenvalue weighted by molar-refractivity contribution is -0.138. The molecule has 0 saturated carbocycles. The normalized spacial score (nSPS) is 17.3. The van der Waals surface area contributed by atoms with E-state index in [9.17, 15) is 22.4 Å². The lowest BCUT2D eigenvalue weighted by Crippen LogP contribution is -2.56. The third-order valence-corrected chi connectivity index (χ3v) is 5.47. The Morgan fingerprint density at radius 1 is 1.11 bits per heavy atom. The molecule has 3 rings (SSSR count). The van der Waals surface area contributed by atoms with E-state index in [2.05, 4.69) is 5.32 Å². The number of ether oxygens (including phenoxy) is 2. The fourth-order valence-corrected chi connectivity index (χ4v) is 3.80. The molecule has 35 heavy (non-hydrogen) atoms. The Morgan fingerprint density at radius 2 is 1.77 bits per heavy atom. The van der Waals surface area contributed by atoms with Gasteiger partial charge in [-0.25, -0.2) is 9.18 Å². The molecule has 0 aromatic heterocycles. The van der Waals surface area contributed by atoms with Crippen molar-refractivity contribution in [3.63, 3.8) is 0 Å². The summed E-state index contributed by atoms with van der Waals surface area (Å²) in [4.78, 5) is 15.6. The molecule has 1 amide bonds. The fourth-order valence-electron chi connectivity index (χ4n) is 3.80. The number of nitrogens with two attached hydrogens (primary N) is 1. The highest BCUT2D eigenvalue weighted by Gasteiger charge is 2.41. The quantitative estimate of drug-likeness (QED) is 0.453. The molecule has 3 N–H and O–H groups in total. The van der Waals surface area contributed by atoms with Crippen LogP contribution in [0.4, 0.5) is 33.7 Å². The Kier molecular flexibility index (Phi) is 7.68. The van der Waals surface area contributed by atoms with Crippen LogP contribution in [0.5, 0.6) is 11.5 Å². The number of halogens is 4. The van der Waals surface area contributed by atoms with Crippen molar-refractivity contribution in [3.05, 3.63) is 47.8 Å². The number of benzene rings is 2. The van der Waals surface area contributed by atoms with Crippen molar-refractivity contribution < 1.29 is 31.8 Å². The van der Waals surface area contributed by atoms with Gasteiger partial charge in [-0.1, -0.05) is 0 Å². The average Bonchev–Trinajstić information content (AvgIpc) is 2.74. The lowest BCUT2D eigenvalue weighted by atomic mass is 10.0. The van der Waals surface area contributed by atoms with E-state index in [0.29, 0.717) is 6.54 Å². The van der Waals surface area contributed by atoms with E-state index >= 15 is 0 Å². The van der Waals surface area contributed by atoms with Gasteiger partial charge in [-0.15, -0.1) is 0 Å². The number of nitrogens with one attached hydrogen (secondary N) is 1. The first-order valence-corrected chi connectivity index (χ1v) is 11.1. The molecule has 1 heterocycles. The number of carbonyl (C=O) groups excluding carboxylic acids is 1. The molecule has 1 fully saturated rings. The molecule has 2 aromatic carbocycles. The highest BCUT2D eigenvalue weighted by atomic mass is 19.4. The number of hydrogen-bond acceptors (Lipinski definition) is 6. The third-order valence-electron chi connectivity index (χ3n) is 5.47. The van der Waals surface area contributed by atoms with Gasteiger partial charge in [0.25, 0.3) is 0 Å². The molecule has 0 unspecified atom stereocenters. The predicted octanol–water partition coefficient (Wildman–Crippen LogP) is 4.86. The van der Waals surface area contributed by atoms with Crippen molar-refractivity contribution in [2.75, 3.05) is 43.9 Å². The first-order chi connectivity index (χ1) is 16.2. The summed E-state index contributed by atoms with van der Waals surface area (Å²) in [5.74, 6) is -0.907. The minimum absolute atomic E-state index is 0.0489. The number of piperazine rings is 1. The van der Waals surface area contributed by atoms with Gasteiger partial charge in [0, 0.05) is 32.2 Å². The monoisotopic (exact) mass is 498 g/mol. The second-order valence-electron chi connectivity index (χ2n) is 9.39. The minimum Gasteiger partial charge on any atom is -0.457 e. The van der Waals surface area contributed by atoms with Crippen LogP contribution in [-0.2, 0) is 10.9 Å². The van der Waals surface area contributed by atoms with E-state index in [1.165, 1.54) is 18.2 Å². The van der Waals surface area contributed by atoms with E-state index in [4.69, 9.17) is 15.2 Å². The number of anilines is 2. The van der Waals surface area contributed by atoms with Crippen LogP contribution in [0.1, 0.15) is 26.3 Å². The van der Waals surface area contributed by atoms with E-state index in [-0.39, 0.29) is 42.8 Å². The van der Waals surface area contributed by atoms with Gasteiger partial charge in [0.05, 0.1) is 11.4 Å². The standard InChI is InChI=1S/C24H30F4N4O3/c1-23(2,3)35-22(33)30-13-16-14-32(12-11-31(16)4)21-18(29)9-10-19(20(21)24(26,27)28)34-17-7-5-15(25)6-8-17/h5-10,16H,11-14,29H2,1-4H3,(H,30,33)/t16-/m0/s1. The van der Waals surface area contributed by atoms with Crippen LogP contribution in [0.15, 0.2) is 36.4 Å². The number of amides is 1. The molecule has 2 aromatic rings. The van der Waals surface area contributed by atoms with E-state index < -0.39 is 35.0 Å². The van der Waals surface area contributed by atoms with E-state index in [1.807, 2.05) is 11.9 Å². The van der Waals surface area contributed by atoms with Gasteiger partial charge >= 0.3 is 12.3 Å². The highest BCUT2D eigenvalue weighted by Crippen LogP contribution is 2.47. The zero-order chi connectivity index (χ0) is 26.0.